The predicted molar refractivity (Wildman–Crippen MR) is 96.2 cm³/mol. The molecule has 3 aromatic rings. The lowest BCUT2D eigenvalue weighted by Crippen LogP contribution is -2.17. The van der Waals surface area contributed by atoms with E-state index in [-0.39, 0.29) is 10.9 Å². The first-order valence-electron chi connectivity index (χ1n) is 8.62. The summed E-state index contributed by atoms with van der Waals surface area (Å²) in [4.78, 5) is 11.1. The molecule has 30 heavy (non-hydrogen) atoms. The predicted octanol–water partition coefficient (Wildman–Crippen LogP) is 5.96. The zero-order chi connectivity index (χ0) is 22.3. The minimum absolute atomic E-state index is 0.0855. The second-order valence-corrected chi connectivity index (χ2v) is 6.67. The Morgan fingerprint density at radius 2 is 1.63 bits per heavy atom. The normalized spacial score (nSPS) is 13.4. The van der Waals surface area contributed by atoms with Gasteiger partial charge in [-0.25, -0.2) is 0 Å². The number of hydrogen-bond acceptors (Lipinski definition) is 2. The summed E-state index contributed by atoms with van der Waals surface area (Å²) in [5, 5.41) is 9.26. The van der Waals surface area contributed by atoms with Gasteiger partial charge in [0, 0.05) is 17.1 Å². The number of halogens is 6. The second-order valence-electron chi connectivity index (χ2n) is 6.67. The Balaban J connectivity index is 2.07. The summed E-state index contributed by atoms with van der Waals surface area (Å²) in [5.74, 6) is -3.47. The molecular weight excluding hydrogens is 416 g/mol. The zero-order valence-electron chi connectivity index (χ0n) is 15.4. The zero-order valence-corrected chi connectivity index (χ0v) is 15.4. The van der Waals surface area contributed by atoms with E-state index in [0.29, 0.717) is 16.6 Å². The fourth-order valence-corrected chi connectivity index (χ4v) is 3.15. The van der Waals surface area contributed by atoms with Crippen molar-refractivity contribution in [2.75, 3.05) is 0 Å². The van der Waals surface area contributed by atoms with Crippen LogP contribution in [0.3, 0.4) is 0 Å². The monoisotopic (exact) mass is 431 g/mol. The molecule has 10 heteroatoms. The maximum absolute atomic E-state index is 13.3. The van der Waals surface area contributed by atoms with E-state index in [1.807, 2.05) is 0 Å². The fraction of sp³-hybridized carbons (Fsp3) is 0.250. The third-order valence-electron chi connectivity index (χ3n) is 4.60. The summed E-state index contributed by atoms with van der Waals surface area (Å²) in [5.41, 5.74) is 1.15. The lowest BCUT2D eigenvalue weighted by Gasteiger charge is -2.15. The molecule has 0 saturated carbocycles. The molecule has 0 aliphatic heterocycles. The largest absolute Gasteiger partial charge is 0.573 e. The molecule has 0 aliphatic rings. The van der Waals surface area contributed by atoms with E-state index in [1.54, 1.807) is 6.07 Å². The van der Waals surface area contributed by atoms with Crippen molar-refractivity contribution in [3.05, 3.63) is 54.2 Å². The van der Waals surface area contributed by atoms with Crippen molar-refractivity contribution >= 4 is 16.9 Å². The molecule has 0 fully saturated rings. The van der Waals surface area contributed by atoms with E-state index in [4.69, 9.17) is 5.11 Å². The molecule has 1 atom stereocenters. The van der Waals surface area contributed by atoms with Crippen LogP contribution in [0, 0.1) is 0 Å². The van der Waals surface area contributed by atoms with Crippen LogP contribution >= 0.6 is 0 Å². The van der Waals surface area contributed by atoms with Crippen molar-refractivity contribution in [3.8, 4) is 16.9 Å². The number of hydrogen-bond donors (Lipinski definition) is 1. The van der Waals surface area contributed by atoms with Crippen LogP contribution < -0.4 is 4.74 Å². The molecule has 0 radical (unpaired) electrons. The molecule has 0 aliphatic carbocycles. The molecule has 4 nitrogen and oxygen atoms in total. The van der Waals surface area contributed by atoms with Gasteiger partial charge in [0.25, 0.3) is 0 Å². The lowest BCUT2D eigenvalue weighted by atomic mass is 9.97. The van der Waals surface area contributed by atoms with Crippen molar-refractivity contribution < 1.29 is 41.0 Å². The van der Waals surface area contributed by atoms with Gasteiger partial charge in [-0.05, 0) is 47.9 Å². The van der Waals surface area contributed by atoms with Gasteiger partial charge in [-0.1, -0.05) is 18.2 Å². The van der Waals surface area contributed by atoms with Gasteiger partial charge >= 0.3 is 18.5 Å². The highest BCUT2D eigenvalue weighted by Gasteiger charge is 2.38. The summed E-state index contributed by atoms with van der Waals surface area (Å²) < 4.78 is 81.8. The lowest BCUT2D eigenvalue weighted by molar-refractivity contribution is -0.274. The topological polar surface area (TPSA) is 51.5 Å². The Kier molecular flexibility index (Phi) is 5.44. The van der Waals surface area contributed by atoms with Crippen LogP contribution in [0.5, 0.6) is 5.75 Å². The third-order valence-corrected chi connectivity index (χ3v) is 4.60. The Hall–Kier alpha value is -3.17. The maximum atomic E-state index is 13.3. The number of carboxylic acids is 1. The summed E-state index contributed by atoms with van der Waals surface area (Å²) >= 11 is 0. The van der Waals surface area contributed by atoms with Crippen LogP contribution in [0.25, 0.3) is 22.0 Å². The van der Waals surface area contributed by atoms with Gasteiger partial charge in [0.1, 0.15) is 12.3 Å². The number of benzene rings is 2. The molecule has 2 aromatic carbocycles. The van der Waals surface area contributed by atoms with Gasteiger partial charge < -0.3 is 14.4 Å². The van der Waals surface area contributed by atoms with Crippen LogP contribution in [0.15, 0.2) is 48.7 Å². The average Bonchev–Trinajstić information content (AvgIpc) is 2.96. The Morgan fingerprint density at radius 3 is 2.17 bits per heavy atom. The quantitative estimate of drug-likeness (QED) is 0.508. The van der Waals surface area contributed by atoms with E-state index in [1.165, 1.54) is 35.0 Å². The highest BCUT2D eigenvalue weighted by atomic mass is 19.4. The van der Waals surface area contributed by atoms with Crippen molar-refractivity contribution in [1.29, 1.82) is 0 Å². The van der Waals surface area contributed by atoms with E-state index in [2.05, 4.69) is 4.74 Å². The first-order valence-corrected chi connectivity index (χ1v) is 8.62. The van der Waals surface area contributed by atoms with Crippen LogP contribution in [0.1, 0.15) is 18.4 Å². The minimum atomic E-state index is -4.84. The van der Waals surface area contributed by atoms with Crippen molar-refractivity contribution in [1.82, 2.24) is 4.57 Å². The number of carbonyl (C=O) groups is 1. The van der Waals surface area contributed by atoms with Crippen molar-refractivity contribution in [2.24, 2.45) is 0 Å². The van der Waals surface area contributed by atoms with Gasteiger partial charge in [0.15, 0.2) is 0 Å². The van der Waals surface area contributed by atoms with Crippen LogP contribution in [0.4, 0.5) is 26.3 Å². The number of aliphatic carboxylic acids is 1. The fourth-order valence-electron chi connectivity index (χ4n) is 3.15. The molecule has 0 amide bonds. The SMILES string of the molecule is CC(c1cn(CC(=O)O)c2ccc(-c3ccc(OC(F)(F)F)cc3)cc12)C(F)(F)F. The standard InChI is InChI=1S/C20H15F6NO3/c1-11(19(21,22)23)16-9-27(10-18(28)29)17-7-4-13(8-15(16)17)12-2-5-14(6-3-12)30-20(24,25)26/h2-9,11H,10H2,1H3,(H,28,29). The van der Waals surface area contributed by atoms with E-state index < -0.39 is 36.7 Å². The second kappa shape index (κ2) is 7.58. The number of fused-ring (bicyclic) bond motifs is 1. The van der Waals surface area contributed by atoms with Crippen molar-refractivity contribution in [2.45, 2.75) is 31.9 Å². The summed E-state index contributed by atoms with van der Waals surface area (Å²) in [6.07, 6.45) is -8.20. The van der Waals surface area contributed by atoms with Gasteiger partial charge in [-0.3, -0.25) is 4.79 Å². The molecule has 3 rings (SSSR count). The number of nitrogens with zero attached hydrogens (tertiary/aromatic N) is 1. The van der Waals surface area contributed by atoms with Crippen LogP contribution in [0.2, 0.25) is 0 Å². The molecule has 0 bridgehead atoms. The Bertz CT molecular complexity index is 1070. The summed E-state index contributed by atoms with van der Waals surface area (Å²) in [7, 11) is 0. The molecule has 1 heterocycles. The number of alkyl halides is 6. The Morgan fingerprint density at radius 1 is 1.03 bits per heavy atom. The molecule has 0 saturated heterocycles. The number of ether oxygens (including phenoxy) is 1. The molecule has 1 N–H and O–H groups in total. The first kappa shape index (κ1) is 21.5. The van der Waals surface area contributed by atoms with E-state index in [0.717, 1.165) is 19.1 Å². The van der Waals surface area contributed by atoms with Gasteiger partial charge in [0.2, 0.25) is 0 Å². The van der Waals surface area contributed by atoms with E-state index in [9.17, 15) is 31.1 Å². The minimum Gasteiger partial charge on any atom is -0.480 e. The first-order chi connectivity index (χ1) is 13.8. The molecular formula is C20H15F6NO3. The smallest absolute Gasteiger partial charge is 0.480 e. The van der Waals surface area contributed by atoms with E-state index >= 15 is 0 Å². The Labute approximate surface area is 166 Å². The molecule has 1 aromatic heterocycles. The average molecular weight is 431 g/mol. The van der Waals surface area contributed by atoms with Gasteiger partial charge in [0.05, 0.1) is 5.92 Å². The van der Waals surface area contributed by atoms with Crippen LogP contribution in [-0.4, -0.2) is 28.2 Å². The van der Waals surface area contributed by atoms with Crippen molar-refractivity contribution in [3.63, 3.8) is 0 Å². The molecule has 160 valence electrons. The summed E-state index contributed by atoms with van der Waals surface area (Å²) in [6.45, 7) is 0.472. The highest BCUT2D eigenvalue weighted by molar-refractivity contribution is 5.90. The molecule has 0 spiro atoms. The highest BCUT2D eigenvalue weighted by Crippen LogP contribution is 2.40. The molecule has 1 unspecified atom stereocenters. The number of carboxylic acid groups (broad SMARTS) is 1. The van der Waals surface area contributed by atoms with Gasteiger partial charge in [-0.2, -0.15) is 13.2 Å². The number of aromatic nitrogens is 1. The van der Waals surface area contributed by atoms with Crippen LogP contribution in [-0.2, 0) is 11.3 Å². The third kappa shape index (κ3) is 4.69. The summed E-state index contributed by atoms with van der Waals surface area (Å²) in [6, 6.07) is 9.41. The van der Waals surface area contributed by atoms with Gasteiger partial charge in [-0.15, -0.1) is 13.2 Å². The number of rotatable bonds is 5. The maximum Gasteiger partial charge on any atom is 0.573 e.